The van der Waals surface area contributed by atoms with Crippen LogP contribution in [0.4, 0.5) is 11.5 Å². The molecule has 1 aromatic rings. The minimum atomic E-state index is -3.74. The number of nitrogens with one attached hydrogen (secondary N) is 1. The molecule has 17 heavy (non-hydrogen) atoms. The molecule has 0 aromatic carbocycles. The quantitative estimate of drug-likeness (QED) is 0.764. The van der Waals surface area contributed by atoms with Crippen LogP contribution in [0.1, 0.15) is 0 Å². The molecular formula is C9H14N4O3S. The first-order valence-electron chi connectivity index (χ1n) is 5.14. The molecule has 0 atom stereocenters. The summed E-state index contributed by atoms with van der Waals surface area (Å²) in [6.45, 7) is 2.93. The molecule has 0 bridgehead atoms. The molecule has 0 aliphatic carbocycles. The number of pyridine rings is 1. The highest BCUT2D eigenvalue weighted by atomic mass is 32.2. The number of hydrogen-bond acceptors (Lipinski definition) is 5. The number of aromatic nitrogens is 1. The highest BCUT2D eigenvalue weighted by molar-refractivity contribution is 7.90. The zero-order chi connectivity index (χ0) is 12.3. The summed E-state index contributed by atoms with van der Waals surface area (Å²) in [6.07, 6.45) is 1.44. The van der Waals surface area contributed by atoms with Crippen molar-refractivity contribution in [2.24, 2.45) is 5.14 Å². The number of nitrogens with two attached hydrogens (primary N) is 1. The molecule has 0 radical (unpaired) electrons. The van der Waals surface area contributed by atoms with Crippen LogP contribution in [0.3, 0.4) is 0 Å². The number of anilines is 2. The van der Waals surface area contributed by atoms with Crippen molar-refractivity contribution < 1.29 is 13.2 Å². The third-order valence-electron chi connectivity index (χ3n) is 2.34. The molecule has 1 aliphatic heterocycles. The van der Waals surface area contributed by atoms with E-state index in [1.165, 1.54) is 6.20 Å². The Balaban J connectivity index is 2.07. The summed E-state index contributed by atoms with van der Waals surface area (Å²) in [5, 5.41) is 4.85. The number of morpholine rings is 1. The Morgan fingerprint density at radius 3 is 2.59 bits per heavy atom. The van der Waals surface area contributed by atoms with E-state index >= 15 is 0 Å². The van der Waals surface area contributed by atoms with Crippen LogP contribution in [0.2, 0.25) is 0 Å². The maximum atomic E-state index is 10.8. The lowest BCUT2D eigenvalue weighted by Crippen LogP contribution is -2.36. The minimum Gasteiger partial charge on any atom is -0.378 e. The highest BCUT2D eigenvalue weighted by Crippen LogP contribution is 2.15. The lowest BCUT2D eigenvalue weighted by molar-refractivity contribution is 0.122. The average Bonchev–Trinajstić information content (AvgIpc) is 2.29. The van der Waals surface area contributed by atoms with E-state index in [1.807, 2.05) is 0 Å². The average molecular weight is 258 g/mol. The molecule has 0 amide bonds. The molecule has 2 heterocycles. The fourth-order valence-corrected chi connectivity index (χ4v) is 2.04. The summed E-state index contributed by atoms with van der Waals surface area (Å²) in [7, 11) is -3.74. The van der Waals surface area contributed by atoms with Gasteiger partial charge in [0.15, 0.2) is 0 Å². The first kappa shape index (κ1) is 12.1. The zero-order valence-electron chi connectivity index (χ0n) is 9.17. The van der Waals surface area contributed by atoms with E-state index in [0.717, 1.165) is 18.9 Å². The zero-order valence-corrected chi connectivity index (χ0v) is 9.98. The van der Waals surface area contributed by atoms with Crippen molar-refractivity contribution in [3.63, 3.8) is 0 Å². The Labute approximate surface area is 99.8 Å². The van der Waals surface area contributed by atoms with Gasteiger partial charge >= 0.3 is 0 Å². The van der Waals surface area contributed by atoms with Crippen LogP contribution >= 0.6 is 0 Å². The summed E-state index contributed by atoms with van der Waals surface area (Å²) in [5.41, 5.74) is 0.351. The maximum absolute atomic E-state index is 10.8. The van der Waals surface area contributed by atoms with Gasteiger partial charge < -0.3 is 9.64 Å². The first-order chi connectivity index (χ1) is 8.04. The molecule has 0 spiro atoms. The molecular weight excluding hydrogens is 244 g/mol. The Bertz CT molecular complexity index is 468. The van der Waals surface area contributed by atoms with Crippen LogP contribution in [0, 0.1) is 0 Å². The molecule has 94 valence electrons. The second-order valence-corrected chi connectivity index (χ2v) is 4.95. The Morgan fingerprint density at radius 1 is 1.35 bits per heavy atom. The van der Waals surface area contributed by atoms with Crippen molar-refractivity contribution in [2.75, 3.05) is 35.9 Å². The van der Waals surface area contributed by atoms with Gasteiger partial charge in [0.2, 0.25) is 0 Å². The van der Waals surface area contributed by atoms with Gasteiger partial charge in [-0.3, -0.25) is 4.72 Å². The van der Waals surface area contributed by atoms with Crippen molar-refractivity contribution in [1.29, 1.82) is 0 Å². The second kappa shape index (κ2) is 4.86. The molecule has 7 nitrogen and oxygen atoms in total. The molecule has 1 aromatic heterocycles. The minimum absolute atomic E-state index is 0.351. The highest BCUT2D eigenvalue weighted by Gasteiger charge is 2.12. The predicted molar refractivity (Wildman–Crippen MR) is 64.0 cm³/mol. The van der Waals surface area contributed by atoms with Gasteiger partial charge in [-0.2, -0.15) is 8.42 Å². The van der Waals surface area contributed by atoms with E-state index in [1.54, 1.807) is 12.1 Å². The second-order valence-electron chi connectivity index (χ2n) is 3.65. The lowest BCUT2D eigenvalue weighted by atomic mass is 10.3. The van der Waals surface area contributed by atoms with Crippen LogP contribution in [0.25, 0.3) is 0 Å². The fraction of sp³-hybridized carbons (Fsp3) is 0.444. The van der Waals surface area contributed by atoms with Crippen molar-refractivity contribution >= 4 is 21.7 Å². The summed E-state index contributed by atoms with van der Waals surface area (Å²) < 4.78 is 29.0. The molecule has 0 saturated carbocycles. The standard InChI is InChI=1S/C9H14N4O3S/c10-17(14,15)12-8-1-2-9(11-7-8)13-3-5-16-6-4-13/h1-2,7,12H,3-6H2,(H2,10,14,15). The van der Waals surface area contributed by atoms with E-state index in [9.17, 15) is 8.42 Å². The molecule has 3 N–H and O–H groups in total. The number of hydrogen-bond donors (Lipinski definition) is 2. The largest absolute Gasteiger partial charge is 0.378 e. The molecule has 1 fully saturated rings. The summed E-state index contributed by atoms with van der Waals surface area (Å²) in [4.78, 5) is 6.25. The van der Waals surface area contributed by atoms with Gasteiger partial charge in [0.25, 0.3) is 10.2 Å². The van der Waals surface area contributed by atoms with Gasteiger partial charge in [-0.1, -0.05) is 0 Å². The van der Waals surface area contributed by atoms with E-state index < -0.39 is 10.2 Å². The summed E-state index contributed by atoms with van der Waals surface area (Å²) in [6, 6.07) is 3.38. The van der Waals surface area contributed by atoms with Gasteiger partial charge in [0.05, 0.1) is 25.1 Å². The van der Waals surface area contributed by atoms with Crippen LogP contribution in [0.15, 0.2) is 18.3 Å². The van der Waals surface area contributed by atoms with Crippen LogP contribution in [0.5, 0.6) is 0 Å². The molecule has 8 heteroatoms. The van der Waals surface area contributed by atoms with Crippen molar-refractivity contribution in [3.8, 4) is 0 Å². The van der Waals surface area contributed by atoms with Crippen LogP contribution in [-0.4, -0.2) is 39.7 Å². The van der Waals surface area contributed by atoms with Gasteiger partial charge in [0.1, 0.15) is 5.82 Å². The number of ether oxygens (including phenoxy) is 1. The molecule has 1 saturated heterocycles. The van der Waals surface area contributed by atoms with Crippen LogP contribution < -0.4 is 14.8 Å². The Hall–Kier alpha value is -1.38. The topological polar surface area (TPSA) is 97.5 Å². The van der Waals surface area contributed by atoms with Crippen molar-refractivity contribution in [1.82, 2.24) is 4.98 Å². The lowest BCUT2D eigenvalue weighted by Gasteiger charge is -2.27. The predicted octanol–water partition coefficient (Wildman–Crippen LogP) is -0.466. The Kier molecular flexibility index (Phi) is 3.46. The number of nitrogens with zero attached hydrogens (tertiary/aromatic N) is 2. The molecule has 1 aliphatic rings. The third-order valence-corrected chi connectivity index (χ3v) is 2.86. The third kappa shape index (κ3) is 3.55. The van der Waals surface area contributed by atoms with E-state index in [-0.39, 0.29) is 0 Å². The van der Waals surface area contributed by atoms with Gasteiger partial charge in [-0.05, 0) is 12.1 Å². The smallest absolute Gasteiger partial charge is 0.296 e. The van der Waals surface area contributed by atoms with Crippen molar-refractivity contribution in [2.45, 2.75) is 0 Å². The van der Waals surface area contributed by atoms with Crippen LogP contribution in [-0.2, 0) is 14.9 Å². The maximum Gasteiger partial charge on any atom is 0.296 e. The molecule has 0 unspecified atom stereocenters. The van der Waals surface area contributed by atoms with Crippen molar-refractivity contribution in [3.05, 3.63) is 18.3 Å². The summed E-state index contributed by atoms with van der Waals surface area (Å²) in [5.74, 6) is 0.799. The van der Waals surface area contributed by atoms with Gasteiger partial charge in [-0.25, -0.2) is 10.1 Å². The van der Waals surface area contributed by atoms with E-state index in [0.29, 0.717) is 18.9 Å². The van der Waals surface area contributed by atoms with Gasteiger partial charge in [0, 0.05) is 13.1 Å². The monoisotopic (exact) mass is 258 g/mol. The summed E-state index contributed by atoms with van der Waals surface area (Å²) >= 11 is 0. The van der Waals surface area contributed by atoms with E-state index in [2.05, 4.69) is 14.6 Å². The SMILES string of the molecule is NS(=O)(=O)Nc1ccc(N2CCOCC2)nc1. The van der Waals surface area contributed by atoms with E-state index in [4.69, 9.17) is 9.88 Å². The van der Waals surface area contributed by atoms with Gasteiger partial charge in [-0.15, -0.1) is 0 Å². The first-order valence-corrected chi connectivity index (χ1v) is 6.68. The molecule has 2 rings (SSSR count). The number of rotatable bonds is 3. The fourth-order valence-electron chi connectivity index (χ4n) is 1.59. The normalized spacial score (nSPS) is 16.9. The Morgan fingerprint density at radius 2 is 2.06 bits per heavy atom.